The van der Waals surface area contributed by atoms with Gasteiger partial charge in [-0.15, -0.1) is 0 Å². The minimum absolute atomic E-state index is 0.214. The number of aromatic nitrogens is 2. The monoisotopic (exact) mass is 286 g/mol. The van der Waals surface area contributed by atoms with Crippen LogP contribution in [0.25, 0.3) is 11.4 Å². The highest BCUT2D eigenvalue weighted by atomic mass is 16.4. The van der Waals surface area contributed by atoms with Crippen LogP contribution in [0.2, 0.25) is 0 Å². The van der Waals surface area contributed by atoms with Gasteiger partial charge in [0.15, 0.2) is 0 Å². The van der Waals surface area contributed by atoms with Crippen molar-refractivity contribution in [2.75, 3.05) is 0 Å². The first kappa shape index (κ1) is 14.4. The molecule has 21 heavy (non-hydrogen) atoms. The smallest absolute Gasteiger partial charge is 0.260 e. The number of carbonyl (C=O) groups excluding carboxylic acids is 2. The minimum atomic E-state index is -1.62. The summed E-state index contributed by atoms with van der Waals surface area (Å²) < 4.78 is 1.04. The topological polar surface area (TPSA) is 115 Å². The van der Waals surface area contributed by atoms with E-state index in [1.807, 2.05) is 0 Å². The Balaban J connectivity index is 2.59. The molecule has 0 fully saturated rings. The molecule has 7 heteroatoms. The standard InChI is InChI=1S/C14H12N2O5/c17-12(18)6-8-16-11(10-3-1-2-7-15-10)5-4-9(13(16)19)14(20)21/h1-5,7H,6,8H2,(H,17,18)(H,20,21)/p-2. The molecule has 0 atom stereocenters. The number of aliphatic carboxylic acids is 1. The van der Waals surface area contributed by atoms with Crippen LogP contribution < -0.4 is 15.8 Å². The third-order valence-corrected chi connectivity index (χ3v) is 2.86. The molecule has 2 rings (SSSR count). The zero-order valence-electron chi connectivity index (χ0n) is 10.8. The fourth-order valence-corrected chi connectivity index (χ4v) is 1.90. The highest BCUT2D eigenvalue weighted by molar-refractivity contribution is 5.85. The van der Waals surface area contributed by atoms with E-state index in [1.54, 1.807) is 18.2 Å². The van der Waals surface area contributed by atoms with E-state index in [2.05, 4.69) is 4.98 Å². The Kier molecular flexibility index (Phi) is 4.13. The highest BCUT2D eigenvalue weighted by Crippen LogP contribution is 2.15. The summed E-state index contributed by atoms with van der Waals surface area (Å²) >= 11 is 0. The molecule has 0 unspecified atom stereocenters. The molecule has 0 radical (unpaired) electrons. The predicted octanol–water partition coefficient (Wildman–Crippen LogP) is -1.59. The summed E-state index contributed by atoms with van der Waals surface area (Å²) in [6, 6.07) is 7.52. The van der Waals surface area contributed by atoms with Gasteiger partial charge in [-0.3, -0.25) is 9.78 Å². The Morgan fingerprint density at radius 1 is 1.14 bits per heavy atom. The number of hydrogen-bond donors (Lipinski definition) is 0. The van der Waals surface area contributed by atoms with Crippen LogP contribution in [0.1, 0.15) is 16.8 Å². The number of pyridine rings is 2. The Bertz CT molecular complexity index is 737. The Hall–Kier alpha value is -2.96. The van der Waals surface area contributed by atoms with E-state index in [4.69, 9.17) is 0 Å². The first-order chi connectivity index (χ1) is 10.0. The second kappa shape index (κ2) is 6.00. The van der Waals surface area contributed by atoms with Crippen molar-refractivity contribution in [1.29, 1.82) is 0 Å². The third-order valence-electron chi connectivity index (χ3n) is 2.86. The summed E-state index contributed by atoms with van der Waals surface area (Å²) in [5.74, 6) is -2.96. The first-order valence-electron chi connectivity index (χ1n) is 6.07. The number of carbonyl (C=O) groups is 2. The van der Waals surface area contributed by atoms with Gasteiger partial charge in [-0.05, 0) is 24.3 Å². The molecule has 2 heterocycles. The van der Waals surface area contributed by atoms with Crippen LogP contribution in [0.3, 0.4) is 0 Å². The van der Waals surface area contributed by atoms with E-state index in [0.717, 1.165) is 10.6 Å². The average Bonchev–Trinajstić information content (AvgIpc) is 2.46. The van der Waals surface area contributed by atoms with Gasteiger partial charge in [0.1, 0.15) is 0 Å². The lowest BCUT2D eigenvalue weighted by atomic mass is 10.2. The molecule has 0 aromatic carbocycles. The van der Waals surface area contributed by atoms with Crippen LogP contribution in [0, 0.1) is 0 Å². The predicted molar refractivity (Wildman–Crippen MR) is 67.9 cm³/mol. The van der Waals surface area contributed by atoms with Gasteiger partial charge in [0, 0.05) is 25.1 Å². The molecule has 0 saturated heterocycles. The number of aromatic carboxylic acids is 1. The molecule has 0 spiro atoms. The molecule has 0 bridgehead atoms. The molecule has 108 valence electrons. The van der Waals surface area contributed by atoms with Gasteiger partial charge in [-0.1, -0.05) is 6.07 Å². The maximum Gasteiger partial charge on any atom is 0.260 e. The molecular weight excluding hydrogens is 276 g/mol. The summed E-state index contributed by atoms with van der Waals surface area (Å²) in [5.41, 5.74) is -0.614. The van der Waals surface area contributed by atoms with Gasteiger partial charge < -0.3 is 24.4 Å². The first-order valence-corrected chi connectivity index (χ1v) is 6.07. The average molecular weight is 286 g/mol. The number of carboxylic acid groups (broad SMARTS) is 2. The van der Waals surface area contributed by atoms with Crippen LogP contribution in [0.4, 0.5) is 0 Å². The largest absolute Gasteiger partial charge is 0.550 e. The van der Waals surface area contributed by atoms with E-state index in [0.29, 0.717) is 11.4 Å². The Labute approximate surface area is 119 Å². The molecule has 0 aliphatic rings. The lowest BCUT2D eigenvalue weighted by molar-refractivity contribution is -0.305. The fraction of sp³-hybridized carbons (Fsp3) is 0.143. The third kappa shape index (κ3) is 3.14. The van der Waals surface area contributed by atoms with Crippen molar-refractivity contribution in [2.45, 2.75) is 13.0 Å². The number of nitrogens with zero attached hydrogens (tertiary/aromatic N) is 2. The maximum absolute atomic E-state index is 12.1. The molecule has 0 N–H and O–H groups in total. The molecule has 0 saturated carbocycles. The van der Waals surface area contributed by atoms with Gasteiger partial charge in [-0.2, -0.15) is 0 Å². The number of rotatable bonds is 5. The van der Waals surface area contributed by atoms with Crippen LogP contribution >= 0.6 is 0 Å². The van der Waals surface area contributed by atoms with Crippen LogP contribution in [0.5, 0.6) is 0 Å². The van der Waals surface area contributed by atoms with Gasteiger partial charge in [-0.25, -0.2) is 0 Å². The minimum Gasteiger partial charge on any atom is -0.550 e. The Morgan fingerprint density at radius 3 is 2.48 bits per heavy atom. The van der Waals surface area contributed by atoms with E-state index in [1.165, 1.54) is 12.3 Å². The molecule has 0 aliphatic carbocycles. The van der Waals surface area contributed by atoms with Crippen LogP contribution in [0.15, 0.2) is 41.3 Å². The van der Waals surface area contributed by atoms with Crippen LogP contribution in [-0.2, 0) is 11.3 Å². The molecule has 2 aromatic rings. The summed E-state index contributed by atoms with van der Waals surface area (Å²) in [5, 5.41) is 21.5. The lowest BCUT2D eigenvalue weighted by Gasteiger charge is -2.15. The van der Waals surface area contributed by atoms with Gasteiger partial charge >= 0.3 is 0 Å². The molecular formula is C14H10N2O5-2. The summed E-state index contributed by atoms with van der Waals surface area (Å²) in [7, 11) is 0. The van der Waals surface area contributed by atoms with Crippen molar-refractivity contribution in [3.8, 4) is 11.4 Å². The highest BCUT2D eigenvalue weighted by Gasteiger charge is 2.11. The number of carboxylic acids is 2. The van der Waals surface area contributed by atoms with Gasteiger partial charge in [0.25, 0.3) is 5.56 Å². The lowest BCUT2D eigenvalue weighted by Crippen LogP contribution is -2.35. The van der Waals surface area contributed by atoms with E-state index in [-0.39, 0.29) is 6.54 Å². The molecule has 0 aliphatic heterocycles. The second-order valence-corrected chi connectivity index (χ2v) is 4.21. The van der Waals surface area contributed by atoms with Crippen molar-refractivity contribution in [2.24, 2.45) is 0 Å². The van der Waals surface area contributed by atoms with Gasteiger partial charge in [0.05, 0.1) is 22.9 Å². The van der Waals surface area contributed by atoms with Gasteiger partial charge in [0.2, 0.25) is 0 Å². The SMILES string of the molecule is O=C([O-])CCn1c(-c2ccccn2)ccc(C(=O)[O-])c1=O. The van der Waals surface area contributed by atoms with Crippen molar-refractivity contribution in [3.63, 3.8) is 0 Å². The van der Waals surface area contributed by atoms with E-state index in [9.17, 15) is 24.6 Å². The van der Waals surface area contributed by atoms with Crippen molar-refractivity contribution in [3.05, 3.63) is 52.4 Å². The molecule has 2 aromatic heterocycles. The van der Waals surface area contributed by atoms with Crippen molar-refractivity contribution in [1.82, 2.24) is 9.55 Å². The number of hydrogen-bond acceptors (Lipinski definition) is 6. The second-order valence-electron chi connectivity index (χ2n) is 4.21. The van der Waals surface area contributed by atoms with E-state index < -0.39 is 29.5 Å². The molecule has 0 amide bonds. The summed E-state index contributed by atoms with van der Waals surface area (Å²) in [4.78, 5) is 37.7. The zero-order chi connectivity index (χ0) is 15.4. The quantitative estimate of drug-likeness (QED) is 0.654. The summed E-state index contributed by atoms with van der Waals surface area (Å²) in [6.45, 7) is -0.214. The molecule has 7 nitrogen and oxygen atoms in total. The maximum atomic E-state index is 12.1. The normalized spacial score (nSPS) is 10.3. The van der Waals surface area contributed by atoms with E-state index >= 15 is 0 Å². The summed E-state index contributed by atoms with van der Waals surface area (Å²) in [6.07, 6.45) is 1.09. The zero-order valence-corrected chi connectivity index (χ0v) is 10.8. The fourth-order valence-electron chi connectivity index (χ4n) is 1.90. The van der Waals surface area contributed by atoms with Crippen molar-refractivity contribution >= 4 is 11.9 Å². The van der Waals surface area contributed by atoms with Crippen LogP contribution in [-0.4, -0.2) is 21.5 Å². The Morgan fingerprint density at radius 2 is 1.90 bits per heavy atom. The van der Waals surface area contributed by atoms with Crippen molar-refractivity contribution < 1.29 is 19.8 Å².